The second-order valence-corrected chi connectivity index (χ2v) is 8.58. The number of carbonyl (C=O) groups is 1. The normalized spacial score (nSPS) is 15.5. The van der Waals surface area contributed by atoms with Crippen molar-refractivity contribution in [1.82, 2.24) is 9.88 Å². The molecule has 3 aromatic rings. The van der Waals surface area contributed by atoms with Crippen LogP contribution in [0.2, 0.25) is 0 Å². The second-order valence-electron chi connectivity index (χ2n) is 5.95. The quantitative estimate of drug-likeness (QED) is 0.432. The van der Waals surface area contributed by atoms with E-state index in [4.69, 9.17) is 17.0 Å². The number of nitrogens with zero attached hydrogens (tertiary/aromatic N) is 1. The molecular weight excluding hydrogens is 444 g/mol. The molecule has 1 aromatic heterocycles. The lowest BCUT2D eigenvalue weighted by molar-refractivity contribution is -0.115. The van der Waals surface area contributed by atoms with Crippen LogP contribution >= 0.6 is 39.9 Å². The summed E-state index contributed by atoms with van der Waals surface area (Å²) in [7, 11) is 0. The van der Waals surface area contributed by atoms with Gasteiger partial charge in [0.25, 0.3) is 5.91 Å². The Labute approximate surface area is 174 Å². The van der Waals surface area contributed by atoms with Gasteiger partial charge in [0, 0.05) is 27.1 Å². The Morgan fingerprint density at radius 2 is 1.96 bits per heavy atom. The highest BCUT2D eigenvalue weighted by atomic mass is 79.9. The lowest BCUT2D eigenvalue weighted by atomic mass is 10.1. The summed E-state index contributed by atoms with van der Waals surface area (Å²) in [6.07, 6.45) is 3.95. The Bertz CT molecular complexity index is 1060. The van der Waals surface area contributed by atoms with Crippen molar-refractivity contribution in [3.8, 4) is 5.75 Å². The van der Waals surface area contributed by atoms with Crippen LogP contribution < -0.4 is 10.1 Å². The first-order chi connectivity index (χ1) is 13.1. The predicted octanol–water partition coefficient (Wildman–Crippen LogP) is 4.97. The topological polar surface area (TPSA) is 43.3 Å². The zero-order valence-corrected chi connectivity index (χ0v) is 17.4. The maximum atomic E-state index is 12.0. The summed E-state index contributed by atoms with van der Waals surface area (Å²) in [5.74, 6) is 0.699. The van der Waals surface area contributed by atoms with Gasteiger partial charge in [-0.25, -0.2) is 0 Å². The van der Waals surface area contributed by atoms with Gasteiger partial charge < -0.3 is 14.6 Å². The summed E-state index contributed by atoms with van der Waals surface area (Å²) >= 11 is 9.79. The van der Waals surface area contributed by atoms with Crippen LogP contribution in [0.25, 0.3) is 17.0 Å². The van der Waals surface area contributed by atoms with Gasteiger partial charge in [0.05, 0.1) is 11.4 Å². The number of thioether (sulfide) groups is 1. The Morgan fingerprint density at radius 1 is 1.19 bits per heavy atom. The molecule has 2 heterocycles. The molecule has 1 aliphatic heterocycles. The number of fused-ring (bicyclic) bond motifs is 1. The number of hydrogen-bond donors (Lipinski definition) is 1. The van der Waals surface area contributed by atoms with Crippen LogP contribution in [0.1, 0.15) is 5.56 Å². The monoisotopic (exact) mass is 458 g/mol. The zero-order valence-electron chi connectivity index (χ0n) is 14.1. The fourth-order valence-electron chi connectivity index (χ4n) is 2.93. The van der Waals surface area contributed by atoms with Crippen molar-refractivity contribution in [2.24, 2.45) is 0 Å². The summed E-state index contributed by atoms with van der Waals surface area (Å²) < 4.78 is 9.52. The first kappa shape index (κ1) is 18.3. The number of carbonyl (C=O) groups excluding carboxylic acids is 1. The van der Waals surface area contributed by atoms with Gasteiger partial charge in [-0.05, 0) is 36.4 Å². The van der Waals surface area contributed by atoms with E-state index in [0.717, 1.165) is 26.7 Å². The van der Waals surface area contributed by atoms with Gasteiger partial charge >= 0.3 is 0 Å². The minimum atomic E-state index is -0.139. The van der Waals surface area contributed by atoms with Crippen LogP contribution in [-0.4, -0.2) is 21.4 Å². The van der Waals surface area contributed by atoms with Gasteiger partial charge in [0.1, 0.15) is 16.7 Å². The molecule has 1 N–H and O–H groups in total. The van der Waals surface area contributed by atoms with E-state index in [2.05, 4.69) is 44.1 Å². The molecule has 4 nitrogen and oxygen atoms in total. The van der Waals surface area contributed by atoms with Crippen molar-refractivity contribution >= 4 is 67.1 Å². The Balaban J connectivity index is 1.56. The van der Waals surface area contributed by atoms with Crippen molar-refractivity contribution in [3.05, 3.63) is 69.7 Å². The summed E-state index contributed by atoms with van der Waals surface area (Å²) in [5, 5.41) is 3.75. The molecule has 0 atom stereocenters. The number of thiocarbonyl (C=S) groups is 1. The van der Waals surface area contributed by atoms with Gasteiger partial charge in [0.2, 0.25) is 0 Å². The average Bonchev–Trinajstić information content (AvgIpc) is 3.17. The van der Waals surface area contributed by atoms with Crippen LogP contribution in [0, 0.1) is 0 Å². The Kier molecular flexibility index (Phi) is 5.33. The first-order valence-corrected chi connectivity index (χ1v) is 10.3. The molecule has 1 aliphatic rings. The molecule has 0 spiro atoms. The lowest BCUT2D eigenvalue weighted by Crippen LogP contribution is -2.17. The maximum absolute atomic E-state index is 12.0. The van der Waals surface area contributed by atoms with Crippen LogP contribution in [-0.2, 0) is 11.3 Å². The number of amides is 1. The average molecular weight is 459 g/mol. The second kappa shape index (κ2) is 7.88. The molecular formula is C20H15BrN2O2S2. The predicted molar refractivity (Wildman–Crippen MR) is 118 cm³/mol. The van der Waals surface area contributed by atoms with Crippen molar-refractivity contribution in [2.75, 3.05) is 6.61 Å². The third kappa shape index (κ3) is 4.10. The highest BCUT2D eigenvalue weighted by Crippen LogP contribution is 2.29. The number of para-hydroxylation sites is 1. The lowest BCUT2D eigenvalue weighted by Gasteiger charge is -2.08. The number of aromatic nitrogens is 1. The van der Waals surface area contributed by atoms with E-state index in [-0.39, 0.29) is 5.91 Å². The van der Waals surface area contributed by atoms with E-state index >= 15 is 0 Å². The molecule has 7 heteroatoms. The van der Waals surface area contributed by atoms with Crippen molar-refractivity contribution in [1.29, 1.82) is 0 Å². The molecule has 0 radical (unpaired) electrons. The van der Waals surface area contributed by atoms with Gasteiger partial charge in [0.15, 0.2) is 0 Å². The van der Waals surface area contributed by atoms with E-state index in [1.54, 1.807) is 0 Å². The Morgan fingerprint density at radius 3 is 2.70 bits per heavy atom. The van der Waals surface area contributed by atoms with Crippen LogP contribution in [0.5, 0.6) is 5.75 Å². The molecule has 1 fully saturated rings. The molecule has 0 bridgehead atoms. The molecule has 0 unspecified atom stereocenters. The van der Waals surface area contributed by atoms with Gasteiger partial charge in [-0.1, -0.05) is 58.1 Å². The summed E-state index contributed by atoms with van der Waals surface area (Å²) in [6.45, 7) is 1.26. The number of halogens is 1. The van der Waals surface area contributed by atoms with E-state index in [1.165, 1.54) is 11.8 Å². The van der Waals surface area contributed by atoms with Crippen molar-refractivity contribution in [3.63, 3.8) is 0 Å². The van der Waals surface area contributed by atoms with Crippen LogP contribution in [0.4, 0.5) is 0 Å². The maximum Gasteiger partial charge on any atom is 0.263 e. The number of ether oxygens (including phenoxy) is 1. The van der Waals surface area contributed by atoms with Crippen LogP contribution in [0.15, 0.2) is 64.1 Å². The fourth-order valence-corrected chi connectivity index (χ4v) is 4.23. The third-order valence-electron chi connectivity index (χ3n) is 4.16. The minimum absolute atomic E-state index is 0.139. The third-order valence-corrected chi connectivity index (χ3v) is 5.85. The molecule has 4 rings (SSSR count). The number of benzene rings is 2. The summed E-state index contributed by atoms with van der Waals surface area (Å²) in [5.41, 5.74) is 2.10. The molecule has 1 saturated heterocycles. The molecule has 0 saturated carbocycles. The number of nitrogens with one attached hydrogen (secondary N) is 1. The standard InChI is InChI=1S/C20H15BrN2O2S2/c21-14-5-7-15(8-6-14)25-10-9-23-12-13(16-3-1-2-4-17(16)23)11-18-19(24)22-20(26)27-18/h1-8,11-12H,9-10H2,(H,22,24,26). The molecule has 1 amide bonds. The highest BCUT2D eigenvalue weighted by molar-refractivity contribution is 9.10. The molecule has 0 aliphatic carbocycles. The molecule has 27 heavy (non-hydrogen) atoms. The van der Waals surface area contributed by atoms with E-state index in [9.17, 15) is 4.79 Å². The van der Waals surface area contributed by atoms with Gasteiger partial charge in [-0.15, -0.1) is 0 Å². The fraction of sp³-hybridized carbons (Fsp3) is 0.100. The summed E-state index contributed by atoms with van der Waals surface area (Å²) in [6, 6.07) is 15.9. The first-order valence-electron chi connectivity index (χ1n) is 8.31. The van der Waals surface area contributed by atoms with Gasteiger partial charge in [-0.3, -0.25) is 4.79 Å². The van der Waals surface area contributed by atoms with Gasteiger partial charge in [-0.2, -0.15) is 0 Å². The van der Waals surface area contributed by atoms with Crippen LogP contribution in [0.3, 0.4) is 0 Å². The largest absolute Gasteiger partial charge is 0.492 e. The zero-order chi connectivity index (χ0) is 18.8. The molecule has 2 aromatic carbocycles. The smallest absolute Gasteiger partial charge is 0.263 e. The SMILES string of the molecule is O=C1NC(=S)SC1=Cc1cn(CCOc2ccc(Br)cc2)c2ccccc12. The van der Waals surface area contributed by atoms with Crippen molar-refractivity contribution < 1.29 is 9.53 Å². The Hall–Kier alpha value is -2.09. The van der Waals surface area contributed by atoms with E-state index in [1.807, 2.05) is 42.5 Å². The summed E-state index contributed by atoms with van der Waals surface area (Å²) in [4.78, 5) is 12.6. The number of rotatable bonds is 5. The van der Waals surface area contributed by atoms with E-state index < -0.39 is 0 Å². The minimum Gasteiger partial charge on any atom is -0.492 e. The number of hydrogen-bond acceptors (Lipinski definition) is 4. The van der Waals surface area contributed by atoms with E-state index in [0.29, 0.717) is 22.4 Å². The van der Waals surface area contributed by atoms with Crippen molar-refractivity contribution in [2.45, 2.75) is 6.54 Å². The molecule has 136 valence electrons. The highest BCUT2D eigenvalue weighted by Gasteiger charge is 2.22.